The van der Waals surface area contributed by atoms with Crippen molar-refractivity contribution in [1.82, 2.24) is 12.3 Å². The zero-order chi connectivity index (χ0) is 10.7. The van der Waals surface area contributed by atoms with Crippen molar-refractivity contribution in [3.63, 3.8) is 0 Å². The van der Waals surface area contributed by atoms with Crippen LogP contribution in [0.25, 0.3) is 0 Å². The van der Waals surface area contributed by atoms with Crippen LogP contribution in [-0.2, 0) is 13.6 Å². The van der Waals surface area contributed by atoms with Crippen molar-refractivity contribution in [3.8, 4) is 26.8 Å². The molecule has 0 unspecified atom stereocenters. The monoisotopic (exact) mass is 387 g/mol. The van der Waals surface area contributed by atoms with E-state index in [1.54, 1.807) is 0 Å². The number of hydrogen-bond donors (Lipinski definition) is 2. The number of quaternary nitrogens is 2. The normalized spacial score (nSPS) is 11.6. The molecule has 0 fully saturated rings. The summed E-state index contributed by atoms with van der Waals surface area (Å²) in [5.74, 6) is 0. The molecule has 0 spiro atoms. The summed E-state index contributed by atoms with van der Waals surface area (Å²) < 4.78 is 6.41. The molecule has 0 aliphatic rings. The van der Waals surface area contributed by atoms with Gasteiger partial charge in [-0.2, -0.15) is 0 Å². The van der Waals surface area contributed by atoms with Crippen LogP contribution in [0.1, 0.15) is 0 Å². The molecule has 0 saturated carbocycles. The summed E-state index contributed by atoms with van der Waals surface area (Å²) >= 11 is -6.64. The van der Waals surface area contributed by atoms with Gasteiger partial charge in [-0.3, -0.25) is 0 Å². The maximum atomic E-state index is 8.60. The molecule has 0 aromatic rings. The van der Waals surface area contributed by atoms with Crippen LogP contribution < -0.4 is 12.3 Å². The Bertz CT molecular complexity index is 389. The van der Waals surface area contributed by atoms with Crippen molar-refractivity contribution in [2.45, 2.75) is 0 Å². The molecule has 8 nitrogen and oxygen atoms in total. The predicted octanol–water partition coefficient (Wildman–Crippen LogP) is 0.851. The second-order valence-electron chi connectivity index (χ2n) is 1.61. The van der Waals surface area contributed by atoms with Crippen molar-refractivity contribution < 1.29 is 13.6 Å². The molecule has 0 aromatic carbocycles. The minimum atomic E-state index is -6.64. The molecular weight excluding hydrogens is 379 g/mol. The zero-order valence-electron chi connectivity index (χ0n) is 8.00. The van der Waals surface area contributed by atoms with Crippen molar-refractivity contribution in [2.24, 2.45) is 0 Å². The van der Waals surface area contributed by atoms with Gasteiger partial charge in [-0.25, -0.2) is 0 Å². The van der Waals surface area contributed by atoms with Crippen LogP contribution in [-0.4, -0.2) is 0 Å². The molecular formula is C6H8N8Pt. The van der Waals surface area contributed by atoms with Crippen LogP contribution in [0.2, 0.25) is 0 Å². The fourth-order valence-electron chi connectivity index (χ4n) is 0.237. The SMILES string of the molecule is N#[C][Pt-2]([C]#N)([C]#N)([C]#N)([C]#N)[C]#N.[NH4+].[NH4+]. The Morgan fingerprint density at radius 3 is 0.600 bits per heavy atom. The van der Waals surface area contributed by atoms with Gasteiger partial charge in [0.2, 0.25) is 0 Å². The van der Waals surface area contributed by atoms with Gasteiger partial charge in [-0.15, -0.1) is 0 Å². The van der Waals surface area contributed by atoms with E-state index in [-0.39, 0.29) is 12.3 Å². The first-order chi connectivity index (χ1) is 5.97. The molecule has 9 heteroatoms. The first-order valence-corrected chi connectivity index (χ1v) is 9.11. The zero-order valence-corrected chi connectivity index (χ0v) is 10.3. The van der Waals surface area contributed by atoms with E-state index in [0.29, 0.717) is 0 Å². The van der Waals surface area contributed by atoms with Gasteiger partial charge < -0.3 is 12.3 Å². The molecule has 0 saturated heterocycles. The number of rotatable bonds is 0. The fourth-order valence-corrected chi connectivity index (χ4v) is 1.94. The summed E-state index contributed by atoms with van der Waals surface area (Å²) in [5.41, 5.74) is 0. The molecule has 0 amide bonds. The van der Waals surface area contributed by atoms with Gasteiger partial charge in [0.1, 0.15) is 0 Å². The quantitative estimate of drug-likeness (QED) is 0.613. The van der Waals surface area contributed by atoms with Gasteiger partial charge >= 0.3 is 71.9 Å². The molecule has 0 aliphatic carbocycles. The van der Waals surface area contributed by atoms with Crippen LogP contribution in [0.15, 0.2) is 0 Å². The Morgan fingerprint density at radius 1 is 0.467 bits per heavy atom. The molecule has 8 N–H and O–H groups in total. The van der Waals surface area contributed by atoms with Gasteiger partial charge in [-0.1, -0.05) is 0 Å². The summed E-state index contributed by atoms with van der Waals surface area (Å²) in [6, 6.07) is 0. The van der Waals surface area contributed by atoms with Crippen LogP contribution in [0.4, 0.5) is 0 Å². The van der Waals surface area contributed by atoms with Gasteiger partial charge in [0, 0.05) is 0 Å². The van der Waals surface area contributed by atoms with E-state index in [1.165, 1.54) is 0 Å². The van der Waals surface area contributed by atoms with Gasteiger partial charge in [0.15, 0.2) is 0 Å². The van der Waals surface area contributed by atoms with Gasteiger partial charge in [-0.05, 0) is 0 Å². The first kappa shape index (κ1) is 18.4. The van der Waals surface area contributed by atoms with E-state index in [9.17, 15) is 0 Å². The molecule has 0 bridgehead atoms. The number of hydrogen-bond acceptors (Lipinski definition) is 6. The molecule has 0 aliphatic heterocycles. The Kier molecular flexibility index (Phi) is 4.57. The number of nitriles is 6. The van der Waals surface area contributed by atoms with E-state index in [1.807, 2.05) is 0 Å². The van der Waals surface area contributed by atoms with E-state index >= 15 is 0 Å². The molecule has 0 atom stereocenters. The number of nitrogens with zero attached hydrogens (tertiary/aromatic N) is 6. The van der Waals surface area contributed by atoms with E-state index in [4.69, 9.17) is 31.6 Å². The largest absolute Gasteiger partial charge is 0.369 e. The standard InChI is InChI=1S/6CN.2H3N.Pt/c6*1-2;;;/h;;;;;;2*1H3;/q;;;;;;;;-2/p+2. The van der Waals surface area contributed by atoms with Crippen molar-refractivity contribution in [2.75, 3.05) is 0 Å². The minimum Gasteiger partial charge on any atom is -0.369 e. The van der Waals surface area contributed by atoms with Crippen molar-refractivity contribution >= 4 is 0 Å². The van der Waals surface area contributed by atoms with E-state index in [0.717, 1.165) is 26.8 Å². The molecule has 0 aromatic heterocycles. The second-order valence-corrected chi connectivity index (χ2v) is 13.2. The average Bonchev–Trinajstić information content (AvgIpc) is 2.26. The Morgan fingerprint density at radius 2 is 0.600 bits per heavy atom. The molecule has 0 heterocycles. The van der Waals surface area contributed by atoms with Crippen molar-refractivity contribution in [1.29, 1.82) is 31.6 Å². The third-order valence-corrected chi connectivity index (χ3v) is 8.68. The predicted molar refractivity (Wildman–Crippen MR) is 45.6 cm³/mol. The second kappa shape index (κ2) is 3.73. The fraction of sp³-hybridized carbons (Fsp3) is 0. The third kappa shape index (κ3) is 1.39. The average molecular weight is 387 g/mol. The van der Waals surface area contributed by atoms with Crippen LogP contribution in [0.3, 0.4) is 0 Å². The summed E-state index contributed by atoms with van der Waals surface area (Å²) in [4.78, 5) is 0. The molecule has 0 rings (SSSR count). The summed E-state index contributed by atoms with van der Waals surface area (Å²) in [7, 11) is 0. The van der Waals surface area contributed by atoms with E-state index < -0.39 is 13.6 Å². The minimum absolute atomic E-state index is 0. The smallest absolute Gasteiger partial charge is 0.369 e. The first-order valence-electron chi connectivity index (χ1n) is 2.29. The van der Waals surface area contributed by atoms with Gasteiger partial charge in [0.05, 0.1) is 0 Å². The Hall–Kier alpha value is -2.45. The molecule has 82 valence electrons. The molecule has 15 heavy (non-hydrogen) atoms. The summed E-state index contributed by atoms with van der Waals surface area (Å²) in [6.45, 7) is 0. The van der Waals surface area contributed by atoms with Crippen LogP contribution >= 0.6 is 0 Å². The summed E-state index contributed by atoms with van der Waals surface area (Å²) in [5, 5.41) is 51.6. The Labute approximate surface area is 84.4 Å². The summed E-state index contributed by atoms with van der Waals surface area (Å²) in [6.07, 6.45) is 0. The maximum Gasteiger partial charge on any atom is -0.369 e. The van der Waals surface area contributed by atoms with E-state index in [2.05, 4.69) is 0 Å². The Balaban J connectivity index is -0.000000720. The van der Waals surface area contributed by atoms with Gasteiger partial charge in [0.25, 0.3) is 0 Å². The topological polar surface area (TPSA) is 216 Å². The third-order valence-electron chi connectivity index (χ3n) is 1.06. The maximum absolute atomic E-state index is 8.60. The van der Waals surface area contributed by atoms with Crippen LogP contribution in [0, 0.1) is 58.3 Å². The van der Waals surface area contributed by atoms with Crippen molar-refractivity contribution in [3.05, 3.63) is 0 Å². The van der Waals surface area contributed by atoms with Crippen LogP contribution in [0.5, 0.6) is 0 Å². The molecule has 0 radical (unpaired) electrons.